The maximum absolute atomic E-state index is 13.0. The molecule has 8 heteroatoms. The molecule has 0 saturated carbocycles. The summed E-state index contributed by atoms with van der Waals surface area (Å²) in [6, 6.07) is 4.49. The lowest BCUT2D eigenvalue weighted by molar-refractivity contribution is -0.138. The van der Waals surface area contributed by atoms with Crippen molar-refractivity contribution in [2.45, 2.75) is 25.1 Å². The SMILES string of the molecule is NNC(CC1CCS(=O)(=O)C1)c1ccccc1C(F)(F)F. The number of nitrogens with two attached hydrogens (primary N) is 1. The summed E-state index contributed by atoms with van der Waals surface area (Å²) >= 11 is 0. The summed E-state index contributed by atoms with van der Waals surface area (Å²) in [6.07, 6.45) is -3.73. The molecule has 0 bridgehead atoms. The molecule has 4 nitrogen and oxygen atoms in total. The number of nitrogens with one attached hydrogen (secondary N) is 1. The van der Waals surface area contributed by atoms with Crippen molar-refractivity contribution in [2.24, 2.45) is 11.8 Å². The molecule has 118 valence electrons. The number of hydrogen-bond donors (Lipinski definition) is 2. The van der Waals surface area contributed by atoms with Crippen LogP contribution >= 0.6 is 0 Å². The predicted octanol–water partition coefficient (Wildman–Crippen LogP) is 2.03. The average molecular weight is 322 g/mol. The molecule has 0 aromatic heterocycles. The van der Waals surface area contributed by atoms with Crippen LogP contribution in [0.15, 0.2) is 24.3 Å². The van der Waals surface area contributed by atoms with Crippen LogP contribution in [0.25, 0.3) is 0 Å². The molecule has 0 radical (unpaired) electrons. The molecule has 21 heavy (non-hydrogen) atoms. The van der Waals surface area contributed by atoms with Crippen LogP contribution in [0.5, 0.6) is 0 Å². The molecule has 1 aromatic carbocycles. The highest BCUT2D eigenvalue weighted by atomic mass is 32.2. The van der Waals surface area contributed by atoms with Crippen LogP contribution in [-0.2, 0) is 16.0 Å². The fourth-order valence-electron chi connectivity index (χ4n) is 2.74. The van der Waals surface area contributed by atoms with Crippen molar-refractivity contribution in [3.8, 4) is 0 Å². The molecule has 2 rings (SSSR count). The van der Waals surface area contributed by atoms with Crippen LogP contribution in [0.4, 0.5) is 13.2 Å². The topological polar surface area (TPSA) is 72.2 Å². The molecule has 3 N–H and O–H groups in total. The highest BCUT2D eigenvalue weighted by Gasteiger charge is 2.36. The van der Waals surface area contributed by atoms with Gasteiger partial charge in [0.15, 0.2) is 9.84 Å². The van der Waals surface area contributed by atoms with Gasteiger partial charge in [-0.15, -0.1) is 0 Å². The molecule has 2 unspecified atom stereocenters. The van der Waals surface area contributed by atoms with Crippen LogP contribution in [0, 0.1) is 5.92 Å². The Morgan fingerprint density at radius 2 is 2.00 bits per heavy atom. The van der Waals surface area contributed by atoms with E-state index in [-0.39, 0.29) is 29.4 Å². The standard InChI is InChI=1S/C13H17F3N2O2S/c14-13(15,16)11-4-2-1-3-10(11)12(18-17)7-9-5-6-21(19,20)8-9/h1-4,9,12,18H,5-8,17H2. The van der Waals surface area contributed by atoms with E-state index >= 15 is 0 Å². The molecule has 1 aliphatic heterocycles. The first-order chi connectivity index (χ1) is 9.73. The third-order valence-electron chi connectivity index (χ3n) is 3.74. The van der Waals surface area contributed by atoms with Crippen LogP contribution in [0.3, 0.4) is 0 Å². The van der Waals surface area contributed by atoms with E-state index in [1.807, 2.05) is 0 Å². The van der Waals surface area contributed by atoms with Crippen molar-refractivity contribution < 1.29 is 21.6 Å². The number of benzene rings is 1. The van der Waals surface area contributed by atoms with Crippen molar-refractivity contribution >= 4 is 9.84 Å². The van der Waals surface area contributed by atoms with Gasteiger partial charge in [-0.2, -0.15) is 13.2 Å². The van der Waals surface area contributed by atoms with Crippen molar-refractivity contribution in [1.29, 1.82) is 0 Å². The number of rotatable bonds is 4. The Labute approximate surface area is 121 Å². The van der Waals surface area contributed by atoms with Crippen LogP contribution in [-0.4, -0.2) is 19.9 Å². The second-order valence-corrected chi connectivity index (χ2v) is 7.54. The van der Waals surface area contributed by atoms with Crippen LogP contribution < -0.4 is 11.3 Å². The van der Waals surface area contributed by atoms with Gasteiger partial charge < -0.3 is 0 Å². The second kappa shape index (κ2) is 5.94. The number of hydrogen-bond acceptors (Lipinski definition) is 4. The van der Waals surface area contributed by atoms with Gasteiger partial charge in [-0.1, -0.05) is 18.2 Å². The summed E-state index contributed by atoms with van der Waals surface area (Å²) in [6.45, 7) is 0. The lowest BCUT2D eigenvalue weighted by Gasteiger charge is -2.23. The van der Waals surface area contributed by atoms with Gasteiger partial charge in [0.2, 0.25) is 0 Å². The van der Waals surface area contributed by atoms with E-state index in [2.05, 4.69) is 5.43 Å². The van der Waals surface area contributed by atoms with Gasteiger partial charge in [0.25, 0.3) is 0 Å². The van der Waals surface area contributed by atoms with E-state index in [4.69, 9.17) is 5.84 Å². The maximum atomic E-state index is 13.0. The molecular formula is C13H17F3N2O2S. The lowest BCUT2D eigenvalue weighted by Crippen LogP contribution is -2.31. The minimum absolute atomic E-state index is 0.0133. The summed E-state index contributed by atoms with van der Waals surface area (Å²) in [5.74, 6) is 5.33. The first-order valence-electron chi connectivity index (χ1n) is 6.55. The van der Waals surface area contributed by atoms with E-state index in [9.17, 15) is 21.6 Å². The van der Waals surface area contributed by atoms with E-state index in [0.717, 1.165) is 6.07 Å². The maximum Gasteiger partial charge on any atom is 0.416 e. The Hall–Kier alpha value is -1.12. The minimum atomic E-state index is -4.46. The number of alkyl halides is 3. The number of hydrazine groups is 1. The normalized spacial score (nSPS) is 23.1. The Balaban J connectivity index is 2.23. The van der Waals surface area contributed by atoms with Gasteiger partial charge in [0, 0.05) is 6.04 Å². The quantitative estimate of drug-likeness (QED) is 0.657. The summed E-state index contributed by atoms with van der Waals surface area (Å²) in [4.78, 5) is 0. The van der Waals surface area contributed by atoms with Crippen molar-refractivity contribution in [2.75, 3.05) is 11.5 Å². The van der Waals surface area contributed by atoms with Gasteiger partial charge >= 0.3 is 6.18 Å². The molecule has 1 saturated heterocycles. The Bertz CT molecular complexity index is 602. The molecule has 1 fully saturated rings. The first-order valence-corrected chi connectivity index (χ1v) is 8.38. The predicted molar refractivity (Wildman–Crippen MR) is 72.9 cm³/mol. The van der Waals surface area contributed by atoms with Gasteiger partial charge in [-0.3, -0.25) is 11.3 Å². The highest BCUT2D eigenvalue weighted by Crippen LogP contribution is 2.37. The first kappa shape index (κ1) is 16.3. The van der Waals surface area contributed by atoms with Crippen molar-refractivity contribution in [3.05, 3.63) is 35.4 Å². The van der Waals surface area contributed by atoms with Crippen molar-refractivity contribution in [3.63, 3.8) is 0 Å². The zero-order chi connectivity index (χ0) is 15.7. The second-order valence-electron chi connectivity index (χ2n) is 5.31. The Morgan fingerprint density at radius 3 is 2.52 bits per heavy atom. The Kier molecular flexibility index (Phi) is 4.60. The summed E-state index contributed by atoms with van der Waals surface area (Å²) in [5.41, 5.74) is 1.70. The molecule has 0 spiro atoms. The molecule has 1 aliphatic rings. The Morgan fingerprint density at radius 1 is 1.33 bits per heavy atom. The van der Waals surface area contributed by atoms with Gasteiger partial charge in [-0.05, 0) is 30.4 Å². The average Bonchev–Trinajstić information content (AvgIpc) is 2.74. The highest BCUT2D eigenvalue weighted by molar-refractivity contribution is 7.91. The fraction of sp³-hybridized carbons (Fsp3) is 0.538. The minimum Gasteiger partial charge on any atom is -0.271 e. The van der Waals surface area contributed by atoms with Gasteiger partial charge in [0.05, 0.1) is 17.1 Å². The molecule has 0 aliphatic carbocycles. The zero-order valence-electron chi connectivity index (χ0n) is 11.2. The fourth-order valence-corrected chi connectivity index (χ4v) is 4.62. The van der Waals surface area contributed by atoms with Crippen LogP contribution in [0.1, 0.15) is 30.0 Å². The van der Waals surface area contributed by atoms with Gasteiger partial charge in [-0.25, -0.2) is 8.42 Å². The summed E-state index contributed by atoms with van der Waals surface area (Å²) in [7, 11) is -3.06. The smallest absolute Gasteiger partial charge is 0.271 e. The number of sulfone groups is 1. The van der Waals surface area contributed by atoms with E-state index in [1.54, 1.807) is 0 Å². The lowest BCUT2D eigenvalue weighted by atomic mass is 9.91. The van der Waals surface area contributed by atoms with E-state index < -0.39 is 27.6 Å². The molecule has 1 heterocycles. The third kappa shape index (κ3) is 3.96. The van der Waals surface area contributed by atoms with Crippen molar-refractivity contribution in [1.82, 2.24) is 5.43 Å². The summed E-state index contributed by atoms with van der Waals surface area (Å²) in [5, 5.41) is 0. The largest absolute Gasteiger partial charge is 0.416 e. The number of halogens is 3. The molecule has 1 aromatic rings. The van der Waals surface area contributed by atoms with Crippen LogP contribution in [0.2, 0.25) is 0 Å². The zero-order valence-corrected chi connectivity index (χ0v) is 12.0. The third-order valence-corrected chi connectivity index (χ3v) is 5.58. The van der Waals surface area contributed by atoms with Gasteiger partial charge in [0.1, 0.15) is 0 Å². The summed E-state index contributed by atoms with van der Waals surface area (Å²) < 4.78 is 61.9. The monoisotopic (exact) mass is 322 g/mol. The van der Waals surface area contributed by atoms with E-state index in [1.165, 1.54) is 18.2 Å². The molecular weight excluding hydrogens is 305 g/mol. The molecule has 0 amide bonds. The van der Waals surface area contributed by atoms with E-state index in [0.29, 0.717) is 6.42 Å². The molecule has 2 atom stereocenters.